The van der Waals surface area contributed by atoms with Crippen molar-refractivity contribution in [3.8, 4) is 0 Å². The number of hydrogen-bond donors (Lipinski definition) is 1. The van der Waals surface area contributed by atoms with E-state index in [-0.39, 0.29) is 5.41 Å². The number of nitrogens with zero attached hydrogens (tertiary/aromatic N) is 2. The number of rotatable bonds is 6. The molecule has 3 heteroatoms. The second-order valence-electron chi connectivity index (χ2n) is 6.46. The van der Waals surface area contributed by atoms with Gasteiger partial charge in [-0.3, -0.25) is 9.88 Å². The van der Waals surface area contributed by atoms with Gasteiger partial charge in [0.15, 0.2) is 0 Å². The van der Waals surface area contributed by atoms with E-state index in [9.17, 15) is 5.11 Å². The van der Waals surface area contributed by atoms with Crippen LogP contribution in [-0.2, 0) is 6.54 Å². The van der Waals surface area contributed by atoms with Gasteiger partial charge in [-0.15, -0.1) is 0 Å². The van der Waals surface area contributed by atoms with E-state index < -0.39 is 0 Å². The molecule has 0 aromatic carbocycles. The van der Waals surface area contributed by atoms with Gasteiger partial charge < -0.3 is 5.11 Å². The number of aliphatic hydroxyl groups excluding tert-OH is 1. The Bertz CT molecular complexity index is 385. The molecule has 0 atom stereocenters. The molecule has 0 saturated heterocycles. The Kier molecular flexibility index (Phi) is 5.55. The van der Waals surface area contributed by atoms with E-state index in [4.69, 9.17) is 0 Å². The molecule has 1 aliphatic rings. The summed E-state index contributed by atoms with van der Waals surface area (Å²) in [6, 6.07) is 6.08. The molecule has 0 aliphatic heterocycles. The van der Waals surface area contributed by atoms with Crippen LogP contribution in [0.15, 0.2) is 24.4 Å². The maximum Gasteiger partial charge on any atom is 0.0543 e. The van der Waals surface area contributed by atoms with Crippen molar-refractivity contribution < 1.29 is 5.11 Å². The topological polar surface area (TPSA) is 36.4 Å². The zero-order valence-corrected chi connectivity index (χ0v) is 12.9. The van der Waals surface area contributed by atoms with Crippen molar-refractivity contribution >= 4 is 0 Å². The molecule has 1 aliphatic carbocycles. The minimum Gasteiger partial charge on any atom is -0.396 e. The summed E-state index contributed by atoms with van der Waals surface area (Å²) in [7, 11) is 0. The first-order valence-electron chi connectivity index (χ1n) is 7.90. The van der Waals surface area contributed by atoms with Gasteiger partial charge in [0, 0.05) is 31.3 Å². The molecule has 1 fully saturated rings. The van der Waals surface area contributed by atoms with Crippen LogP contribution < -0.4 is 0 Å². The molecule has 1 heterocycles. The minimum atomic E-state index is 0.108. The molecule has 0 amide bonds. The van der Waals surface area contributed by atoms with Crippen molar-refractivity contribution in [2.24, 2.45) is 11.3 Å². The lowest BCUT2D eigenvalue weighted by atomic mass is 9.71. The summed E-state index contributed by atoms with van der Waals surface area (Å²) < 4.78 is 0. The van der Waals surface area contributed by atoms with Crippen LogP contribution in [0.25, 0.3) is 0 Å². The van der Waals surface area contributed by atoms with Crippen LogP contribution in [0.2, 0.25) is 0 Å². The highest BCUT2D eigenvalue weighted by molar-refractivity contribution is 5.03. The fourth-order valence-corrected chi connectivity index (χ4v) is 3.22. The molecule has 0 spiro atoms. The van der Waals surface area contributed by atoms with Gasteiger partial charge in [0.2, 0.25) is 0 Å². The van der Waals surface area contributed by atoms with Crippen molar-refractivity contribution in [3.05, 3.63) is 30.1 Å². The lowest BCUT2D eigenvalue weighted by Crippen LogP contribution is -2.42. The van der Waals surface area contributed by atoms with Crippen LogP contribution in [-0.4, -0.2) is 34.7 Å². The quantitative estimate of drug-likeness (QED) is 0.867. The Morgan fingerprint density at radius 2 is 2.10 bits per heavy atom. The van der Waals surface area contributed by atoms with E-state index in [1.54, 1.807) is 0 Å². The summed E-state index contributed by atoms with van der Waals surface area (Å²) in [5, 5.41) is 9.90. The van der Waals surface area contributed by atoms with Crippen molar-refractivity contribution in [1.82, 2.24) is 9.88 Å². The van der Waals surface area contributed by atoms with Gasteiger partial charge >= 0.3 is 0 Å². The molecule has 2 rings (SSSR count). The van der Waals surface area contributed by atoms with E-state index in [1.165, 1.54) is 12.8 Å². The van der Waals surface area contributed by atoms with Crippen LogP contribution in [0, 0.1) is 11.3 Å². The fourth-order valence-electron chi connectivity index (χ4n) is 3.22. The van der Waals surface area contributed by atoms with Gasteiger partial charge in [-0.05, 0) is 37.4 Å². The molecule has 1 N–H and O–H groups in total. The Morgan fingerprint density at radius 1 is 1.35 bits per heavy atom. The number of pyridine rings is 1. The molecular formula is C17H28N2O. The summed E-state index contributed by atoms with van der Waals surface area (Å²) in [6.45, 7) is 7.72. The average molecular weight is 276 g/mol. The first kappa shape index (κ1) is 15.5. The zero-order valence-electron chi connectivity index (χ0n) is 12.9. The largest absolute Gasteiger partial charge is 0.396 e. The summed E-state index contributed by atoms with van der Waals surface area (Å²) in [6.07, 6.45) is 6.67. The van der Waals surface area contributed by atoms with Crippen LogP contribution >= 0.6 is 0 Å². The van der Waals surface area contributed by atoms with E-state index in [0.29, 0.717) is 6.61 Å². The Morgan fingerprint density at radius 3 is 2.65 bits per heavy atom. The molecular weight excluding hydrogens is 248 g/mol. The molecule has 0 unspecified atom stereocenters. The normalized spacial score (nSPS) is 26.9. The first-order chi connectivity index (χ1) is 9.67. The summed E-state index contributed by atoms with van der Waals surface area (Å²) in [4.78, 5) is 6.84. The summed E-state index contributed by atoms with van der Waals surface area (Å²) in [5.41, 5.74) is 1.23. The third kappa shape index (κ3) is 4.03. The molecule has 0 radical (unpaired) electrons. The molecule has 1 aromatic heterocycles. The van der Waals surface area contributed by atoms with Crippen LogP contribution in [0.1, 0.15) is 45.2 Å². The average Bonchev–Trinajstić information content (AvgIpc) is 2.50. The molecule has 1 saturated carbocycles. The third-order valence-electron chi connectivity index (χ3n) is 4.79. The maximum atomic E-state index is 9.90. The van der Waals surface area contributed by atoms with Crippen LogP contribution in [0.3, 0.4) is 0 Å². The van der Waals surface area contributed by atoms with Crippen molar-refractivity contribution in [2.45, 2.75) is 46.1 Å². The van der Waals surface area contributed by atoms with Crippen molar-refractivity contribution in [1.29, 1.82) is 0 Å². The number of hydrogen-bond acceptors (Lipinski definition) is 3. The number of aromatic nitrogens is 1. The summed E-state index contributed by atoms with van der Waals surface area (Å²) in [5.74, 6) is 0.820. The standard InChI is InChI=1S/C17H28N2O/c1-3-19(12-16-6-4-5-11-18-16)13-17(14-20)9-7-15(2)8-10-17/h4-6,11,15,20H,3,7-10,12-14H2,1-2H3. The Balaban J connectivity index is 1.97. The van der Waals surface area contributed by atoms with Gasteiger partial charge in [-0.2, -0.15) is 0 Å². The Labute approximate surface area is 123 Å². The van der Waals surface area contributed by atoms with Crippen molar-refractivity contribution in [3.63, 3.8) is 0 Å². The van der Waals surface area contributed by atoms with E-state index in [0.717, 1.165) is 44.1 Å². The zero-order chi connectivity index (χ0) is 14.4. The molecule has 0 bridgehead atoms. The fraction of sp³-hybridized carbons (Fsp3) is 0.706. The van der Waals surface area contributed by atoms with Gasteiger partial charge in [-0.25, -0.2) is 0 Å². The predicted molar refractivity (Wildman–Crippen MR) is 82.3 cm³/mol. The first-order valence-corrected chi connectivity index (χ1v) is 7.90. The highest BCUT2D eigenvalue weighted by atomic mass is 16.3. The van der Waals surface area contributed by atoms with Gasteiger partial charge in [0.05, 0.1) is 5.69 Å². The van der Waals surface area contributed by atoms with Gasteiger partial charge in [0.25, 0.3) is 0 Å². The minimum absolute atomic E-state index is 0.108. The highest BCUT2D eigenvalue weighted by Crippen LogP contribution is 2.39. The van der Waals surface area contributed by atoms with E-state index in [2.05, 4.69) is 29.8 Å². The van der Waals surface area contributed by atoms with Gasteiger partial charge in [0.1, 0.15) is 0 Å². The second kappa shape index (κ2) is 7.19. The van der Waals surface area contributed by atoms with Crippen molar-refractivity contribution in [2.75, 3.05) is 19.7 Å². The van der Waals surface area contributed by atoms with Crippen LogP contribution in [0.4, 0.5) is 0 Å². The molecule has 1 aromatic rings. The third-order valence-corrected chi connectivity index (χ3v) is 4.79. The molecule has 112 valence electrons. The lowest BCUT2D eigenvalue weighted by molar-refractivity contribution is 0.0281. The number of aliphatic hydroxyl groups is 1. The summed E-state index contributed by atoms with van der Waals surface area (Å²) >= 11 is 0. The van der Waals surface area contributed by atoms with E-state index in [1.807, 2.05) is 18.3 Å². The highest BCUT2D eigenvalue weighted by Gasteiger charge is 2.35. The van der Waals surface area contributed by atoms with E-state index >= 15 is 0 Å². The lowest BCUT2D eigenvalue weighted by Gasteiger charge is -2.41. The predicted octanol–water partition coefficient (Wildman–Crippen LogP) is 3.09. The Hall–Kier alpha value is -0.930. The molecule has 20 heavy (non-hydrogen) atoms. The SMILES string of the molecule is CCN(Cc1ccccn1)CC1(CO)CCC(C)CC1. The van der Waals surface area contributed by atoms with Crippen LogP contribution in [0.5, 0.6) is 0 Å². The van der Waals surface area contributed by atoms with Gasteiger partial charge in [-0.1, -0.05) is 32.8 Å². The maximum absolute atomic E-state index is 9.90. The monoisotopic (exact) mass is 276 g/mol. The second-order valence-corrected chi connectivity index (χ2v) is 6.46. The molecule has 3 nitrogen and oxygen atoms in total. The smallest absolute Gasteiger partial charge is 0.0543 e.